The molecule has 2 aromatic rings. The van der Waals surface area contributed by atoms with Crippen LogP contribution in [0, 0.1) is 20.8 Å². The Kier molecular flexibility index (Phi) is 4.75. The highest BCUT2D eigenvalue weighted by Gasteiger charge is 2.11. The molecule has 0 aliphatic heterocycles. The number of halogens is 1. The number of anilines is 1. The van der Waals surface area contributed by atoms with Gasteiger partial charge in [0.05, 0.1) is 15.9 Å². The predicted octanol–water partition coefficient (Wildman–Crippen LogP) is 3.23. The first kappa shape index (κ1) is 15.0. The number of hydrogen-bond acceptors (Lipinski definition) is 4. The van der Waals surface area contributed by atoms with E-state index in [0.717, 1.165) is 46.2 Å². The molecule has 1 N–H and O–H groups in total. The highest BCUT2D eigenvalue weighted by molar-refractivity contribution is 9.10. The molecule has 0 bridgehead atoms. The van der Waals surface area contributed by atoms with Crippen molar-refractivity contribution in [1.82, 2.24) is 19.7 Å². The molecular weight excluding hydrogens is 318 g/mol. The molecule has 2 heterocycles. The average Bonchev–Trinajstić information content (AvgIpc) is 2.63. The van der Waals surface area contributed by atoms with Crippen molar-refractivity contribution in [3.63, 3.8) is 0 Å². The van der Waals surface area contributed by atoms with Crippen molar-refractivity contribution in [2.24, 2.45) is 0 Å². The van der Waals surface area contributed by atoms with Gasteiger partial charge in [-0.3, -0.25) is 4.68 Å². The quantitative estimate of drug-likeness (QED) is 0.909. The van der Waals surface area contributed by atoms with Gasteiger partial charge in [0.2, 0.25) is 0 Å². The molecule has 0 unspecified atom stereocenters. The summed E-state index contributed by atoms with van der Waals surface area (Å²) >= 11 is 3.54. The van der Waals surface area contributed by atoms with Crippen LogP contribution < -0.4 is 5.32 Å². The minimum Gasteiger partial charge on any atom is -0.370 e. The van der Waals surface area contributed by atoms with E-state index >= 15 is 0 Å². The van der Waals surface area contributed by atoms with Crippen LogP contribution >= 0.6 is 15.9 Å². The topological polar surface area (TPSA) is 55.6 Å². The fourth-order valence-electron chi connectivity index (χ4n) is 2.01. The Morgan fingerprint density at radius 3 is 2.60 bits per heavy atom. The fraction of sp³-hybridized carbons (Fsp3) is 0.500. The molecule has 5 nitrogen and oxygen atoms in total. The molecule has 0 aliphatic carbocycles. The summed E-state index contributed by atoms with van der Waals surface area (Å²) < 4.78 is 2.98. The van der Waals surface area contributed by atoms with E-state index < -0.39 is 0 Å². The van der Waals surface area contributed by atoms with Crippen molar-refractivity contribution in [3.8, 4) is 0 Å². The largest absolute Gasteiger partial charge is 0.370 e. The molecule has 0 aliphatic rings. The first-order valence-corrected chi connectivity index (χ1v) is 7.58. The van der Waals surface area contributed by atoms with E-state index in [0.29, 0.717) is 6.54 Å². The van der Waals surface area contributed by atoms with E-state index in [1.807, 2.05) is 31.5 Å². The summed E-state index contributed by atoms with van der Waals surface area (Å²) in [6.07, 6.45) is 1.07. The first-order valence-electron chi connectivity index (χ1n) is 6.79. The summed E-state index contributed by atoms with van der Waals surface area (Å²) in [5.41, 5.74) is 3.05. The maximum absolute atomic E-state index is 4.55. The molecule has 2 aromatic heterocycles. The Balaban J connectivity index is 2.24. The van der Waals surface area contributed by atoms with Gasteiger partial charge in [-0.05, 0) is 43.1 Å². The molecule has 0 spiro atoms. The molecule has 0 aromatic carbocycles. The van der Waals surface area contributed by atoms with Gasteiger partial charge in [-0.2, -0.15) is 5.10 Å². The van der Waals surface area contributed by atoms with Crippen molar-refractivity contribution < 1.29 is 0 Å². The van der Waals surface area contributed by atoms with Gasteiger partial charge >= 0.3 is 0 Å². The lowest BCUT2D eigenvalue weighted by molar-refractivity contribution is 0.630. The maximum Gasteiger partial charge on any atom is 0.152 e. The summed E-state index contributed by atoms with van der Waals surface area (Å²) in [6, 6.07) is 1.97. The highest BCUT2D eigenvalue weighted by Crippen LogP contribution is 2.20. The predicted molar refractivity (Wildman–Crippen MR) is 84.1 cm³/mol. The minimum atomic E-state index is 0.584. The zero-order valence-electron chi connectivity index (χ0n) is 12.4. The van der Waals surface area contributed by atoms with Crippen LogP contribution in [0.2, 0.25) is 0 Å². The normalized spacial score (nSPS) is 10.8. The van der Waals surface area contributed by atoms with E-state index in [1.54, 1.807) is 0 Å². The lowest BCUT2D eigenvalue weighted by atomic mass is 10.3. The number of aryl methyl sites for hydroxylation is 2. The smallest absolute Gasteiger partial charge is 0.152 e. The zero-order chi connectivity index (χ0) is 14.7. The SMILES string of the molecule is CCCNc1cc(C)nc(Cn2nc(C)c(Br)c2C)n1. The van der Waals surface area contributed by atoms with Gasteiger partial charge in [-0.25, -0.2) is 9.97 Å². The fourth-order valence-corrected chi connectivity index (χ4v) is 2.29. The second-order valence-corrected chi connectivity index (χ2v) is 5.67. The Labute approximate surface area is 128 Å². The Morgan fingerprint density at radius 2 is 2.00 bits per heavy atom. The third kappa shape index (κ3) is 3.36. The van der Waals surface area contributed by atoms with Gasteiger partial charge in [0.25, 0.3) is 0 Å². The van der Waals surface area contributed by atoms with E-state index in [4.69, 9.17) is 0 Å². The molecule has 0 saturated heterocycles. The van der Waals surface area contributed by atoms with Gasteiger partial charge in [-0.15, -0.1) is 0 Å². The lowest BCUT2D eigenvalue weighted by Crippen LogP contribution is -2.11. The molecule has 6 heteroatoms. The molecule has 2 rings (SSSR count). The number of nitrogens with one attached hydrogen (secondary N) is 1. The number of rotatable bonds is 5. The van der Waals surface area contributed by atoms with E-state index in [9.17, 15) is 0 Å². The van der Waals surface area contributed by atoms with Gasteiger partial charge in [0, 0.05) is 18.3 Å². The summed E-state index contributed by atoms with van der Waals surface area (Å²) in [4.78, 5) is 9.04. The molecule has 0 radical (unpaired) electrons. The number of nitrogens with zero attached hydrogens (tertiary/aromatic N) is 4. The van der Waals surface area contributed by atoms with Crippen molar-refractivity contribution >= 4 is 21.7 Å². The van der Waals surface area contributed by atoms with Crippen molar-refractivity contribution in [1.29, 1.82) is 0 Å². The van der Waals surface area contributed by atoms with E-state index in [2.05, 4.69) is 43.2 Å². The van der Waals surface area contributed by atoms with E-state index in [-0.39, 0.29) is 0 Å². The summed E-state index contributed by atoms with van der Waals surface area (Å²) in [6.45, 7) is 9.64. The Bertz CT molecular complexity index is 606. The zero-order valence-corrected chi connectivity index (χ0v) is 14.0. The van der Waals surface area contributed by atoms with Crippen molar-refractivity contribution in [2.75, 3.05) is 11.9 Å². The standard InChI is InChI=1S/C14H20BrN5/c1-5-6-16-12-7-9(2)17-13(18-12)8-20-11(4)14(15)10(3)19-20/h7H,5-6,8H2,1-4H3,(H,16,17,18). The molecule has 0 atom stereocenters. The highest BCUT2D eigenvalue weighted by atomic mass is 79.9. The van der Waals surface area contributed by atoms with Crippen LogP contribution in [0.4, 0.5) is 5.82 Å². The molecule has 0 saturated carbocycles. The van der Waals surface area contributed by atoms with Crippen LogP contribution in [0.25, 0.3) is 0 Å². The summed E-state index contributed by atoms with van der Waals surface area (Å²) in [5, 5.41) is 7.80. The summed E-state index contributed by atoms with van der Waals surface area (Å²) in [5.74, 6) is 1.66. The van der Waals surface area contributed by atoms with E-state index in [1.165, 1.54) is 0 Å². The molecule has 0 amide bonds. The van der Waals surface area contributed by atoms with Gasteiger partial charge in [-0.1, -0.05) is 6.92 Å². The molecule has 0 fully saturated rings. The molecule has 20 heavy (non-hydrogen) atoms. The monoisotopic (exact) mass is 337 g/mol. The third-order valence-electron chi connectivity index (χ3n) is 3.04. The number of hydrogen-bond donors (Lipinski definition) is 1. The molecule has 108 valence electrons. The lowest BCUT2D eigenvalue weighted by Gasteiger charge is -2.08. The summed E-state index contributed by atoms with van der Waals surface area (Å²) in [7, 11) is 0. The van der Waals surface area contributed by atoms with Crippen LogP contribution in [0.1, 0.15) is 36.3 Å². The average molecular weight is 338 g/mol. The Morgan fingerprint density at radius 1 is 1.25 bits per heavy atom. The number of aromatic nitrogens is 4. The minimum absolute atomic E-state index is 0.584. The van der Waals surface area contributed by atoms with Crippen LogP contribution in [-0.2, 0) is 6.54 Å². The molecular formula is C14H20BrN5. The van der Waals surface area contributed by atoms with Crippen molar-refractivity contribution in [3.05, 3.63) is 33.4 Å². The van der Waals surface area contributed by atoms with Crippen molar-refractivity contribution in [2.45, 2.75) is 40.7 Å². The van der Waals surface area contributed by atoms with Gasteiger partial charge in [0.1, 0.15) is 12.4 Å². The van der Waals surface area contributed by atoms with Gasteiger partial charge < -0.3 is 5.32 Å². The second-order valence-electron chi connectivity index (χ2n) is 4.88. The maximum atomic E-state index is 4.55. The van der Waals surface area contributed by atoms with Crippen LogP contribution in [0.15, 0.2) is 10.5 Å². The van der Waals surface area contributed by atoms with Crippen LogP contribution in [0.5, 0.6) is 0 Å². The van der Waals surface area contributed by atoms with Crippen LogP contribution in [0.3, 0.4) is 0 Å². The second kappa shape index (κ2) is 6.35. The first-order chi connectivity index (χ1) is 9.51. The Hall–Kier alpha value is -1.43. The van der Waals surface area contributed by atoms with Crippen LogP contribution in [-0.4, -0.2) is 26.3 Å². The third-order valence-corrected chi connectivity index (χ3v) is 4.19. The van der Waals surface area contributed by atoms with Gasteiger partial charge in [0.15, 0.2) is 5.82 Å².